The van der Waals surface area contributed by atoms with Gasteiger partial charge in [-0.05, 0) is 41.3 Å². The minimum absolute atomic E-state index is 0.217. The molecule has 0 bridgehead atoms. The highest BCUT2D eigenvalue weighted by atomic mass is 19.1. The summed E-state index contributed by atoms with van der Waals surface area (Å²) in [7, 11) is 0. The smallest absolute Gasteiger partial charge is 0.123 e. The zero-order chi connectivity index (χ0) is 15.5. The molecule has 0 saturated heterocycles. The van der Waals surface area contributed by atoms with Gasteiger partial charge in [0.25, 0.3) is 0 Å². The molecule has 0 fully saturated rings. The molecule has 3 aromatic rings. The van der Waals surface area contributed by atoms with Gasteiger partial charge in [0.1, 0.15) is 5.82 Å². The zero-order valence-corrected chi connectivity index (χ0v) is 12.8. The van der Waals surface area contributed by atoms with Crippen LogP contribution in [0.3, 0.4) is 0 Å². The molecule has 2 heteroatoms. The second-order valence-electron chi connectivity index (χ2n) is 5.69. The molecule has 0 spiro atoms. The topological polar surface area (TPSA) is 12.9 Å². The second kappa shape index (κ2) is 6.10. The van der Waals surface area contributed by atoms with Gasteiger partial charge in [0.2, 0.25) is 0 Å². The van der Waals surface area contributed by atoms with E-state index in [0.29, 0.717) is 5.92 Å². The van der Waals surface area contributed by atoms with Crippen molar-refractivity contribution in [3.05, 3.63) is 78.2 Å². The third kappa shape index (κ3) is 3.06. The Morgan fingerprint density at radius 2 is 1.45 bits per heavy atom. The number of pyridine rings is 1. The van der Waals surface area contributed by atoms with Crippen LogP contribution in [0.4, 0.5) is 4.39 Å². The van der Waals surface area contributed by atoms with Crippen LogP contribution in [0.2, 0.25) is 0 Å². The first-order valence-corrected chi connectivity index (χ1v) is 7.47. The first kappa shape index (κ1) is 14.5. The van der Waals surface area contributed by atoms with Gasteiger partial charge in [0.05, 0.1) is 5.69 Å². The lowest BCUT2D eigenvalue weighted by Crippen LogP contribution is -1.96. The highest BCUT2D eigenvalue weighted by Crippen LogP contribution is 2.28. The Balaban J connectivity index is 2.14. The van der Waals surface area contributed by atoms with Crippen molar-refractivity contribution < 1.29 is 4.39 Å². The molecule has 0 radical (unpaired) electrons. The maximum Gasteiger partial charge on any atom is 0.123 e. The number of nitrogens with zero attached hydrogens (tertiary/aromatic N) is 1. The van der Waals surface area contributed by atoms with Crippen molar-refractivity contribution in [2.24, 2.45) is 0 Å². The van der Waals surface area contributed by atoms with Crippen LogP contribution in [0.15, 0.2) is 66.7 Å². The summed E-state index contributed by atoms with van der Waals surface area (Å²) in [5.74, 6) is 0.119. The van der Waals surface area contributed by atoms with Crippen molar-refractivity contribution in [2.75, 3.05) is 0 Å². The zero-order valence-electron chi connectivity index (χ0n) is 12.8. The Labute approximate surface area is 130 Å². The molecule has 0 unspecified atom stereocenters. The average molecular weight is 291 g/mol. The lowest BCUT2D eigenvalue weighted by atomic mass is 9.99. The van der Waals surface area contributed by atoms with Crippen LogP contribution < -0.4 is 0 Å². The molecular weight excluding hydrogens is 273 g/mol. The summed E-state index contributed by atoms with van der Waals surface area (Å²) >= 11 is 0. The SMILES string of the molecule is CC(C)c1cc(-c2ccc(F)cc2)cc(-c2ccccc2)n1. The second-order valence-corrected chi connectivity index (χ2v) is 5.69. The van der Waals surface area contributed by atoms with E-state index in [0.717, 1.165) is 28.1 Å². The van der Waals surface area contributed by atoms with Crippen molar-refractivity contribution in [1.29, 1.82) is 0 Å². The van der Waals surface area contributed by atoms with Gasteiger partial charge in [-0.2, -0.15) is 0 Å². The normalized spacial score (nSPS) is 10.9. The molecule has 110 valence electrons. The third-order valence-corrected chi connectivity index (χ3v) is 3.68. The quantitative estimate of drug-likeness (QED) is 0.605. The molecule has 3 rings (SSSR count). The fourth-order valence-electron chi connectivity index (χ4n) is 2.41. The first-order chi connectivity index (χ1) is 10.6. The Morgan fingerprint density at radius 1 is 0.773 bits per heavy atom. The molecule has 0 aliphatic heterocycles. The maximum atomic E-state index is 13.1. The van der Waals surface area contributed by atoms with Crippen LogP contribution in [-0.4, -0.2) is 4.98 Å². The van der Waals surface area contributed by atoms with E-state index >= 15 is 0 Å². The van der Waals surface area contributed by atoms with Crippen molar-refractivity contribution in [2.45, 2.75) is 19.8 Å². The summed E-state index contributed by atoms with van der Waals surface area (Å²) in [5, 5.41) is 0. The standard InChI is InChI=1S/C20H18FN/c1-14(2)19-12-17(15-8-10-18(21)11-9-15)13-20(22-19)16-6-4-3-5-7-16/h3-14H,1-2H3. The molecule has 0 saturated carbocycles. The molecule has 0 aliphatic rings. The van der Waals surface area contributed by atoms with Crippen molar-refractivity contribution in [3.8, 4) is 22.4 Å². The third-order valence-electron chi connectivity index (χ3n) is 3.68. The molecule has 0 aliphatic carbocycles. The summed E-state index contributed by atoms with van der Waals surface area (Å²) in [4.78, 5) is 4.77. The highest BCUT2D eigenvalue weighted by Gasteiger charge is 2.09. The number of aromatic nitrogens is 1. The van der Waals surface area contributed by atoms with Gasteiger partial charge in [-0.1, -0.05) is 56.3 Å². The Bertz CT molecular complexity index is 761. The van der Waals surface area contributed by atoms with Gasteiger partial charge in [-0.3, -0.25) is 4.98 Å². The molecule has 22 heavy (non-hydrogen) atoms. The van der Waals surface area contributed by atoms with E-state index in [4.69, 9.17) is 4.98 Å². The van der Waals surface area contributed by atoms with E-state index < -0.39 is 0 Å². The first-order valence-electron chi connectivity index (χ1n) is 7.47. The lowest BCUT2D eigenvalue weighted by Gasteiger charge is -2.12. The summed E-state index contributed by atoms with van der Waals surface area (Å²) in [6.45, 7) is 4.26. The number of halogens is 1. The van der Waals surface area contributed by atoms with E-state index in [1.54, 1.807) is 0 Å². The molecule has 1 heterocycles. The van der Waals surface area contributed by atoms with E-state index in [1.807, 2.05) is 30.3 Å². The van der Waals surface area contributed by atoms with Gasteiger partial charge < -0.3 is 0 Å². The average Bonchev–Trinajstić information content (AvgIpc) is 2.56. The van der Waals surface area contributed by atoms with Crippen LogP contribution in [0.5, 0.6) is 0 Å². The van der Waals surface area contributed by atoms with Gasteiger partial charge in [0.15, 0.2) is 0 Å². The Kier molecular flexibility index (Phi) is 4.01. The van der Waals surface area contributed by atoms with Crippen LogP contribution in [0, 0.1) is 5.82 Å². The van der Waals surface area contributed by atoms with Crippen molar-refractivity contribution in [3.63, 3.8) is 0 Å². The van der Waals surface area contributed by atoms with Gasteiger partial charge >= 0.3 is 0 Å². The molecular formula is C20H18FN. The molecule has 1 nitrogen and oxygen atoms in total. The van der Waals surface area contributed by atoms with E-state index in [1.165, 1.54) is 12.1 Å². The molecule has 0 atom stereocenters. The molecule has 0 amide bonds. The monoisotopic (exact) mass is 291 g/mol. The minimum Gasteiger partial charge on any atom is -0.253 e. The molecule has 0 N–H and O–H groups in total. The summed E-state index contributed by atoms with van der Waals surface area (Å²) < 4.78 is 13.1. The van der Waals surface area contributed by atoms with Gasteiger partial charge in [-0.15, -0.1) is 0 Å². The highest BCUT2D eigenvalue weighted by molar-refractivity contribution is 5.71. The van der Waals surface area contributed by atoms with Crippen LogP contribution in [0.25, 0.3) is 22.4 Å². The van der Waals surface area contributed by atoms with Crippen LogP contribution in [0.1, 0.15) is 25.5 Å². The largest absolute Gasteiger partial charge is 0.253 e. The van der Waals surface area contributed by atoms with E-state index in [-0.39, 0.29) is 5.82 Å². The fraction of sp³-hybridized carbons (Fsp3) is 0.150. The Hall–Kier alpha value is -2.48. The van der Waals surface area contributed by atoms with Gasteiger partial charge in [-0.25, -0.2) is 4.39 Å². The summed E-state index contributed by atoms with van der Waals surface area (Å²) in [6, 6.07) is 20.9. The number of hydrogen-bond acceptors (Lipinski definition) is 1. The predicted molar refractivity (Wildman–Crippen MR) is 89.2 cm³/mol. The van der Waals surface area contributed by atoms with Crippen molar-refractivity contribution in [1.82, 2.24) is 4.98 Å². The summed E-state index contributed by atoms with van der Waals surface area (Å²) in [5.41, 5.74) is 5.15. The number of hydrogen-bond donors (Lipinski definition) is 0. The van der Waals surface area contributed by atoms with Crippen LogP contribution in [-0.2, 0) is 0 Å². The van der Waals surface area contributed by atoms with Gasteiger partial charge in [0, 0.05) is 11.3 Å². The molecule has 2 aromatic carbocycles. The minimum atomic E-state index is -0.217. The maximum absolute atomic E-state index is 13.1. The van der Waals surface area contributed by atoms with Crippen LogP contribution >= 0.6 is 0 Å². The molecule has 1 aromatic heterocycles. The fourth-order valence-corrected chi connectivity index (χ4v) is 2.41. The van der Waals surface area contributed by atoms with Crippen molar-refractivity contribution >= 4 is 0 Å². The predicted octanol–water partition coefficient (Wildman–Crippen LogP) is 5.68. The number of benzene rings is 2. The van der Waals surface area contributed by atoms with E-state index in [2.05, 4.69) is 38.1 Å². The Morgan fingerprint density at radius 3 is 2.09 bits per heavy atom. The lowest BCUT2D eigenvalue weighted by molar-refractivity contribution is 0.628. The number of rotatable bonds is 3. The van der Waals surface area contributed by atoms with E-state index in [9.17, 15) is 4.39 Å². The summed E-state index contributed by atoms with van der Waals surface area (Å²) in [6.07, 6.45) is 0.